The van der Waals surface area contributed by atoms with Crippen molar-refractivity contribution >= 4 is 33.5 Å². The summed E-state index contributed by atoms with van der Waals surface area (Å²) in [5.74, 6) is -0.696. The number of aromatic amines is 1. The van der Waals surface area contributed by atoms with Crippen LogP contribution in [0.2, 0.25) is 0 Å². The highest BCUT2D eigenvalue weighted by Crippen LogP contribution is 2.33. The standard InChI is InChI=1S/C27H18F3N7O/c1-15-22(16-2-3-21-23-12-32-13-34-25(23)36-24(21)8-16)10-19(11-33-15)35-26(38)17-6-18(27(28,29)30)9-20(7-17)37-5-4-31-14-37/h2-14H,1H3,(H,35,38)(H,32,34,36). The quantitative estimate of drug-likeness (QED) is 0.304. The highest BCUT2D eigenvalue weighted by Gasteiger charge is 2.32. The second-order valence-electron chi connectivity index (χ2n) is 8.72. The van der Waals surface area contributed by atoms with Gasteiger partial charge in [-0.05, 0) is 42.8 Å². The molecule has 8 nitrogen and oxygen atoms in total. The Morgan fingerprint density at radius 2 is 1.87 bits per heavy atom. The first-order chi connectivity index (χ1) is 18.3. The molecule has 6 rings (SSSR count). The number of anilines is 1. The van der Waals surface area contributed by atoms with Gasteiger partial charge in [-0.15, -0.1) is 0 Å². The molecule has 0 atom stereocenters. The van der Waals surface area contributed by atoms with Crippen LogP contribution in [0.15, 0.2) is 79.9 Å². The van der Waals surface area contributed by atoms with Gasteiger partial charge in [0.15, 0.2) is 0 Å². The Labute approximate surface area is 213 Å². The van der Waals surface area contributed by atoms with E-state index >= 15 is 0 Å². The normalized spacial score (nSPS) is 11.8. The number of H-pyrrole nitrogens is 1. The van der Waals surface area contributed by atoms with Crippen LogP contribution < -0.4 is 5.32 Å². The van der Waals surface area contributed by atoms with Crippen molar-refractivity contribution in [2.75, 3.05) is 5.32 Å². The molecule has 1 amide bonds. The number of carbonyl (C=O) groups excluding carboxylic acids is 1. The molecule has 0 saturated carbocycles. The molecule has 4 heterocycles. The van der Waals surface area contributed by atoms with Gasteiger partial charge >= 0.3 is 6.18 Å². The topological polar surface area (TPSA) is 101 Å². The molecule has 0 spiro atoms. The molecule has 6 aromatic rings. The summed E-state index contributed by atoms with van der Waals surface area (Å²) in [6, 6.07) is 10.8. The average Bonchev–Trinajstić information content (AvgIpc) is 3.57. The summed E-state index contributed by atoms with van der Waals surface area (Å²) in [6.07, 6.45) is 4.38. The minimum Gasteiger partial charge on any atom is -0.339 e. The number of nitrogens with one attached hydrogen (secondary N) is 2. The third kappa shape index (κ3) is 4.23. The molecule has 11 heteroatoms. The van der Waals surface area contributed by atoms with Gasteiger partial charge in [0.05, 0.1) is 23.8 Å². The van der Waals surface area contributed by atoms with Crippen molar-refractivity contribution < 1.29 is 18.0 Å². The van der Waals surface area contributed by atoms with Crippen LogP contribution in [0.3, 0.4) is 0 Å². The minimum atomic E-state index is -4.63. The molecule has 0 aliphatic carbocycles. The van der Waals surface area contributed by atoms with E-state index in [0.717, 1.165) is 50.9 Å². The first-order valence-electron chi connectivity index (χ1n) is 11.5. The van der Waals surface area contributed by atoms with Crippen molar-refractivity contribution in [3.8, 4) is 16.8 Å². The van der Waals surface area contributed by atoms with Crippen LogP contribution in [-0.4, -0.2) is 35.4 Å². The summed E-state index contributed by atoms with van der Waals surface area (Å²) < 4.78 is 42.1. The second-order valence-corrected chi connectivity index (χ2v) is 8.72. The Morgan fingerprint density at radius 3 is 2.66 bits per heavy atom. The van der Waals surface area contributed by atoms with E-state index < -0.39 is 17.6 Å². The fraction of sp³-hybridized carbons (Fsp3) is 0.0741. The second kappa shape index (κ2) is 8.80. The molecule has 0 saturated heterocycles. The van der Waals surface area contributed by atoms with Crippen LogP contribution >= 0.6 is 0 Å². The summed E-state index contributed by atoms with van der Waals surface area (Å²) >= 11 is 0. The molecule has 0 fully saturated rings. The first kappa shape index (κ1) is 23.3. The third-order valence-electron chi connectivity index (χ3n) is 6.24. The fourth-order valence-electron chi connectivity index (χ4n) is 4.37. The maximum atomic E-state index is 13.6. The van der Waals surface area contributed by atoms with E-state index in [1.807, 2.05) is 25.1 Å². The number of hydrogen-bond acceptors (Lipinski definition) is 5. The van der Waals surface area contributed by atoms with Crippen LogP contribution in [0.5, 0.6) is 0 Å². The summed E-state index contributed by atoms with van der Waals surface area (Å²) in [7, 11) is 0. The molecule has 0 aliphatic heterocycles. The lowest BCUT2D eigenvalue weighted by Crippen LogP contribution is -2.15. The zero-order valence-electron chi connectivity index (χ0n) is 19.8. The number of benzene rings is 2. The smallest absolute Gasteiger partial charge is 0.339 e. The number of carbonyl (C=O) groups is 1. The van der Waals surface area contributed by atoms with E-state index in [1.165, 1.54) is 41.9 Å². The average molecular weight is 513 g/mol. The Kier molecular flexibility index (Phi) is 5.41. The van der Waals surface area contributed by atoms with Gasteiger partial charge in [-0.2, -0.15) is 13.2 Å². The number of hydrogen-bond donors (Lipinski definition) is 2. The van der Waals surface area contributed by atoms with Crippen LogP contribution in [0.25, 0.3) is 38.8 Å². The summed E-state index contributed by atoms with van der Waals surface area (Å²) in [6.45, 7) is 1.84. The number of fused-ring (bicyclic) bond motifs is 3. The molecule has 0 radical (unpaired) electrons. The molecule has 2 N–H and O–H groups in total. The Bertz CT molecular complexity index is 1820. The van der Waals surface area contributed by atoms with Gasteiger partial charge in [0.1, 0.15) is 12.0 Å². The van der Waals surface area contributed by atoms with Crippen LogP contribution in [0, 0.1) is 6.92 Å². The lowest BCUT2D eigenvalue weighted by atomic mass is 10.0. The van der Waals surface area contributed by atoms with Crippen molar-refractivity contribution in [1.29, 1.82) is 0 Å². The number of rotatable bonds is 4. The first-order valence-corrected chi connectivity index (χ1v) is 11.5. The van der Waals surface area contributed by atoms with Gasteiger partial charge < -0.3 is 14.9 Å². The summed E-state index contributed by atoms with van der Waals surface area (Å²) in [4.78, 5) is 33.0. The molecule has 2 aromatic carbocycles. The summed E-state index contributed by atoms with van der Waals surface area (Å²) in [5.41, 5.74) is 3.35. The van der Waals surface area contributed by atoms with E-state index in [4.69, 9.17) is 0 Å². The van der Waals surface area contributed by atoms with Crippen LogP contribution in [0.4, 0.5) is 18.9 Å². The monoisotopic (exact) mass is 513 g/mol. The maximum Gasteiger partial charge on any atom is 0.416 e. The van der Waals surface area contributed by atoms with Crippen LogP contribution in [0.1, 0.15) is 21.6 Å². The van der Waals surface area contributed by atoms with Gasteiger partial charge in [0, 0.05) is 57.4 Å². The number of aryl methyl sites for hydroxylation is 1. The highest BCUT2D eigenvalue weighted by molar-refractivity contribution is 6.07. The number of aromatic nitrogens is 6. The molecule has 188 valence electrons. The Morgan fingerprint density at radius 1 is 1.00 bits per heavy atom. The number of nitrogens with zero attached hydrogens (tertiary/aromatic N) is 5. The van der Waals surface area contributed by atoms with Gasteiger partial charge in [0.25, 0.3) is 5.91 Å². The van der Waals surface area contributed by atoms with Gasteiger partial charge in [0.2, 0.25) is 0 Å². The maximum absolute atomic E-state index is 13.6. The van der Waals surface area contributed by atoms with Crippen molar-refractivity contribution in [2.45, 2.75) is 13.1 Å². The lowest BCUT2D eigenvalue weighted by molar-refractivity contribution is -0.137. The minimum absolute atomic E-state index is 0.147. The Balaban J connectivity index is 1.34. The summed E-state index contributed by atoms with van der Waals surface area (Å²) in [5, 5.41) is 4.56. The van der Waals surface area contributed by atoms with Crippen molar-refractivity contribution in [2.24, 2.45) is 0 Å². The van der Waals surface area contributed by atoms with E-state index in [-0.39, 0.29) is 11.3 Å². The van der Waals surface area contributed by atoms with E-state index in [2.05, 4.69) is 30.2 Å². The molecule has 0 unspecified atom stereocenters. The van der Waals surface area contributed by atoms with Crippen molar-refractivity contribution in [3.05, 3.63) is 96.7 Å². The predicted octanol–water partition coefficient (Wildman–Crippen LogP) is 5.94. The number of alkyl halides is 3. The number of amides is 1. The predicted molar refractivity (Wildman–Crippen MR) is 136 cm³/mol. The van der Waals surface area contributed by atoms with Gasteiger partial charge in [-0.1, -0.05) is 12.1 Å². The van der Waals surface area contributed by atoms with E-state index in [9.17, 15) is 18.0 Å². The molecule has 0 aliphatic rings. The molecular weight excluding hydrogens is 495 g/mol. The van der Waals surface area contributed by atoms with Crippen LogP contribution in [-0.2, 0) is 6.18 Å². The number of imidazole rings is 1. The molecule has 4 aromatic heterocycles. The SMILES string of the molecule is Cc1ncc(NC(=O)c2cc(-n3ccnc3)cc(C(F)(F)F)c2)cc1-c1ccc2c(c1)[nH]c1ncncc12. The number of halogens is 3. The van der Waals surface area contributed by atoms with Gasteiger partial charge in [-0.3, -0.25) is 9.78 Å². The Hall–Kier alpha value is -5.06. The molecule has 0 bridgehead atoms. The van der Waals surface area contributed by atoms with Gasteiger partial charge in [-0.25, -0.2) is 15.0 Å². The lowest BCUT2D eigenvalue weighted by Gasteiger charge is -2.14. The zero-order chi connectivity index (χ0) is 26.4. The molecular formula is C27H18F3N7O. The van der Waals surface area contributed by atoms with Crippen molar-refractivity contribution in [3.63, 3.8) is 0 Å². The largest absolute Gasteiger partial charge is 0.416 e. The van der Waals surface area contributed by atoms with Crippen molar-refractivity contribution in [1.82, 2.24) is 29.5 Å². The highest BCUT2D eigenvalue weighted by atomic mass is 19.4. The molecule has 38 heavy (non-hydrogen) atoms. The van der Waals surface area contributed by atoms with E-state index in [0.29, 0.717) is 5.69 Å². The zero-order valence-corrected chi connectivity index (χ0v) is 19.8. The fourth-order valence-corrected chi connectivity index (χ4v) is 4.37. The number of pyridine rings is 1. The third-order valence-corrected chi connectivity index (χ3v) is 6.24. The van der Waals surface area contributed by atoms with E-state index in [1.54, 1.807) is 12.3 Å².